The fraction of sp³-hybridized carbons (Fsp3) is 0.429. The second kappa shape index (κ2) is 4.11. The second-order valence-electron chi connectivity index (χ2n) is 2.28. The summed E-state index contributed by atoms with van der Waals surface area (Å²) in [5.41, 5.74) is 0.241. The van der Waals surface area contributed by atoms with Crippen molar-refractivity contribution >= 4 is 17.0 Å². The van der Waals surface area contributed by atoms with Gasteiger partial charge in [-0.25, -0.2) is 4.79 Å². The van der Waals surface area contributed by atoms with Crippen LogP contribution in [0.25, 0.3) is 0 Å². The maximum absolute atomic E-state index is 10.2. The molecule has 0 saturated heterocycles. The lowest BCUT2D eigenvalue weighted by Crippen LogP contribution is -2.04. The van der Waals surface area contributed by atoms with E-state index >= 15 is 0 Å². The van der Waals surface area contributed by atoms with E-state index < -0.39 is 5.43 Å². The zero-order valence-corrected chi connectivity index (χ0v) is 7.41. The van der Waals surface area contributed by atoms with E-state index in [0.717, 1.165) is 5.69 Å². The van der Waals surface area contributed by atoms with E-state index in [-0.39, 0.29) is 0 Å². The van der Waals surface area contributed by atoms with E-state index in [1.165, 1.54) is 0 Å². The first kappa shape index (κ1) is 9.06. The summed E-state index contributed by atoms with van der Waals surface area (Å²) in [5.74, 6) is 0. The van der Waals surface area contributed by atoms with Crippen LogP contribution in [0.3, 0.4) is 0 Å². The Balaban J connectivity index is 2.33. The van der Waals surface area contributed by atoms with Gasteiger partial charge in [-0.2, -0.15) is 5.10 Å². The Kier molecular flexibility index (Phi) is 3.10. The zero-order valence-electron chi connectivity index (χ0n) is 6.66. The van der Waals surface area contributed by atoms with Gasteiger partial charge < -0.3 is 4.74 Å². The van der Waals surface area contributed by atoms with Crippen molar-refractivity contribution in [3.63, 3.8) is 0 Å². The van der Waals surface area contributed by atoms with Crippen molar-refractivity contribution in [3.8, 4) is 0 Å². The van der Waals surface area contributed by atoms with Crippen LogP contribution in [-0.2, 0) is 18.2 Å². The minimum absolute atomic E-state index is 0.294. The van der Waals surface area contributed by atoms with Crippen molar-refractivity contribution < 1.29 is 9.53 Å². The van der Waals surface area contributed by atoms with Gasteiger partial charge in [-0.05, 0) is 6.07 Å². The van der Waals surface area contributed by atoms with Crippen LogP contribution in [0.15, 0.2) is 12.3 Å². The molecule has 0 aliphatic heterocycles. The van der Waals surface area contributed by atoms with Crippen LogP contribution < -0.4 is 0 Å². The third-order valence-corrected chi connectivity index (χ3v) is 1.61. The monoisotopic (exact) mass is 188 g/mol. The summed E-state index contributed by atoms with van der Waals surface area (Å²) in [6, 6.07) is 1.86. The molecule has 12 heavy (non-hydrogen) atoms. The normalized spacial score (nSPS) is 9.83. The molecule has 0 aliphatic rings. The standard InChI is InChI=1S/C7H9ClN2O2/c1-10-6(2-4-9-10)3-5-12-7(8)11/h2,4H,3,5H2,1H3. The van der Waals surface area contributed by atoms with Gasteiger partial charge in [0.2, 0.25) is 0 Å². The number of nitrogens with zero attached hydrogens (tertiary/aromatic N) is 2. The first-order chi connectivity index (χ1) is 5.70. The molecule has 0 unspecified atom stereocenters. The minimum atomic E-state index is -0.767. The quantitative estimate of drug-likeness (QED) is 0.673. The highest BCUT2D eigenvalue weighted by molar-refractivity contribution is 6.61. The van der Waals surface area contributed by atoms with Gasteiger partial charge in [0.25, 0.3) is 0 Å². The number of ether oxygens (including phenoxy) is 1. The molecule has 0 fully saturated rings. The van der Waals surface area contributed by atoms with E-state index in [9.17, 15) is 4.79 Å². The molecule has 0 N–H and O–H groups in total. The van der Waals surface area contributed by atoms with Gasteiger partial charge in [0.05, 0.1) is 6.61 Å². The van der Waals surface area contributed by atoms with Crippen LogP contribution in [0.2, 0.25) is 0 Å². The number of aromatic nitrogens is 2. The Morgan fingerprint density at radius 1 is 1.83 bits per heavy atom. The van der Waals surface area contributed by atoms with Crippen LogP contribution >= 0.6 is 11.6 Å². The predicted octanol–water partition coefficient (Wildman–Crippen LogP) is 1.34. The number of hydrogen-bond acceptors (Lipinski definition) is 3. The number of halogens is 1. The largest absolute Gasteiger partial charge is 0.453 e. The summed E-state index contributed by atoms with van der Waals surface area (Å²) >= 11 is 4.97. The molecule has 5 heteroatoms. The predicted molar refractivity (Wildman–Crippen MR) is 44.1 cm³/mol. The van der Waals surface area contributed by atoms with E-state index in [4.69, 9.17) is 11.6 Å². The molecule has 1 aromatic rings. The first-order valence-corrected chi connectivity index (χ1v) is 3.87. The maximum Gasteiger partial charge on any atom is 0.403 e. The molecule has 0 saturated carbocycles. The Hall–Kier alpha value is -1.03. The lowest BCUT2D eigenvalue weighted by atomic mass is 10.3. The molecule has 0 radical (unpaired) electrons. The summed E-state index contributed by atoms with van der Waals surface area (Å²) in [6.07, 6.45) is 2.33. The molecular formula is C7H9ClN2O2. The van der Waals surface area contributed by atoms with Gasteiger partial charge >= 0.3 is 5.43 Å². The molecule has 0 aliphatic carbocycles. The van der Waals surface area contributed by atoms with Gasteiger partial charge in [-0.15, -0.1) is 0 Å². The van der Waals surface area contributed by atoms with Crippen LogP contribution in [0.5, 0.6) is 0 Å². The number of hydrogen-bond donors (Lipinski definition) is 0. The van der Waals surface area contributed by atoms with E-state index in [2.05, 4.69) is 9.84 Å². The highest BCUT2D eigenvalue weighted by Gasteiger charge is 2.00. The van der Waals surface area contributed by atoms with Gasteiger partial charge in [0.1, 0.15) is 0 Å². The van der Waals surface area contributed by atoms with Crippen molar-refractivity contribution in [2.24, 2.45) is 7.05 Å². The van der Waals surface area contributed by atoms with Crippen molar-refractivity contribution in [1.29, 1.82) is 0 Å². The molecule has 0 spiro atoms. The summed E-state index contributed by atoms with van der Waals surface area (Å²) in [6.45, 7) is 0.294. The molecule has 0 amide bonds. The Labute approximate surface area is 75.1 Å². The Bertz CT molecular complexity index is 272. The van der Waals surface area contributed by atoms with Gasteiger partial charge in [0.15, 0.2) is 0 Å². The fourth-order valence-corrected chi connectivity index (χ4v) is 0.960. The lowest BCUT2D eigenvalue weighted by Gasteiger charge is -2.00. The number of aryl methyl sites for hydroxylation is 1. The minimum Gasteiger partial charge on any atom is -0.453 e. The Morgan fingerprint density at radius 3 is 3.08 bits per heavy atom. The highest BCUT2D eigenvalue weighted by Crippen LogP contribution is 1.98. The molecule has 66 valence electrons. The van der Waals surface area contributed by atoms with Crippen LogP contribution in [-0.4, -0.2) is 21.8 Å². The Morgan fingerprint density at radius 2 is 2.58 bits per heavy atom. The summed E-state index contributed by atoms with van der Waals surface area (Å²) in [4.78, 5) is 10.2. The summed E-state index contributed by atoms with van der Waals surface area (Å²) < 4.78 is 6.28. The van der Waals surface area contributed by atoms with Gasteiger partial charge in [-0.3, -0.25) is 4.68 Å². The van der Waals surface area contributed by atoms with Crippen molar-refractivity contribution in [2.75, 3.05) is 6.61 Å². The lowest BCUT2D eigenvalue weighted by molar-refractivity contribution is 0.174. The van der Waals surface area contributed by atoms with Crippen molar-refractivity contribution in [2.45, 2.75) is 6.42 Å². The average molecular weight is 189 g/mol. The fourth-order valence-electron chi connectivity index (χ4n) is 0.882. The SMILES string of the molecule is Cn1nccc1CCOC(=O)Cl. The van der Waals surface area contributed by atoms with Gasteiger partial charge in [0, 0.05) is 37.0 Å². The van der Waals surface area contributed by atoms with Crippen molar-refractivity contribution in [3.05, 3.63) is 18.0 Å². The molecular weight excluding hydrogens is 180 g/mol. The molecule has 0 aromatic carbocycles. The summed E-state index contributed by atoms with van der Waals surface area (Å²) in [5, 5.41) is 3.96. The van der Waals surface area contributed by atoms with Crippen LogP contribution in [0.1, 0.15) is 5.69 Å². The van der Waals surface area contributed by atoms with Crippen molar-refractivity contribution in [1.82, 2.24) is 9.78 Å². The molecule has 1 aromatic heterocycles. The summed E-state index contributed by atoms with van der Waals surface area (Å²) in [7, 11) is 1.83. The van der Waals surface area contributed by atoms with Gasteiger partial charge in [-0.1, -0.05) is 0 Å². The average Bonchev–Trinajstić information content (AvgIpc) is 2.36. The third-order valence-electron chi connectivity index (χ3n) is 1.50. The molecule has 1 heterocycles. The highest BCUT2D eigenvalue weighted by atomic mass is 35.5. The smallest absolute Gasteiger partial charge is 0.403 e. The molecule has 4 nitrogen and oxygen atoms in total. The first-order valence-electron chi connectivity index (χ1n) is 3.49. The maximum atomic E-state index is 10.2. The molecule has 0 bridgehead atoms. The van der Waals surface area contributed by atoms with Crippen LogP contribution in [0.4, 0.5) is 4.79 Å². The third kappa shape index (κ3) is 2.54. The second-order valence-corrected chi connectivity index (χ2v) is 2.59. The molecule has 0 atom stereocenters. The zero-order chi connectivity index (χ0) is 8.97. The number of rotatable bonds is 3. The number of carbonyl (C=O) groups excluding carboxylic acids is 1. The van der Waals surface area contributed by atoms with E-state index in [0.29, 0.717) is 13.0 Å². The van der Waals surface area contributed by atoms with E-state index in [1.54, 1.807) is 10.9 Å². The van der Waals surface area contributed by atoms with E-state index in [1.807, 2.05) is 13.1 Å². The van der Waals surface area contributed by atoms with Crippen LogP contribution in [0, 0.1) is 0 Å². The molecule has 1 rings (SSSR count). The topological polar surface area (TPSA) is 44.1 Å². The number of carbonyl (C=O) groups is 1.